The highest BCUT2D eigenvalue weighted by Crippen LogP contribution is 2.30. The Morgan fingerprint density at radius 2 is 2.57 bits per heavy atom. The van der Waals surface area contributed by atoms with Crippen molar-refractivity contribution in [3.63, 3.8) is 0 Å². The van der Waals surface area contributed by atoms with Gasteiger partial charge in [-0.3, -0.25) is 0 Å². The summed E-state index contributed by atoms with van der Waals surface area (Å²) in [5.74, 6) is 0.446. The van der Waals surface area contributed by atoms with E-state index >= 15 is 0 Å². The van der Waals surface area contributed by atoms with Gasteiger partial charge in [-0.05, 0) is 19.8 Å². The van der Waals surface area contributed by atoms with Crippen molar-refractivity contribution in [3.8, 4) is 0 Å². The first-order valence-corrected chi connectivity index (χ1v) is 5.80. The largest absolute Gasteiger partial charge is 0.388 e. The highest BCUT2D eigenvalue weighted by atomic mass is 32.1. The van der Waals surface area contributed by atoms with Gasteiger partial charge in [-0.2, -0.15) is 0 Å². The van der Waals surface area contributed by atoms with Crippen LogP contribution in [0, 0.1) is 0 Å². The first kappa shape index (κ1) is 10.1. The summed E-state index contributed by atoms with van der Waals surface area (Å²) < 4.78 is 5.41. The molecule has 0 aliphatic carbocycles. The molecule has 1 N–H and O–H groups in total. The number of ether oxygens (including phenoxy) is 1. The standard InChI is InChI=1S/C10H15NO2S/c1-7(12)9-5-11-10(14-9)8-3-2-4-13-6-8/h5,7-8,12H,2-4,6H2,1H3. The Bertz CT molecular complexity index is 292. The molecule has 0 saturated carbocycles. The van der Waals surface area contributed by atoms with Gasteiger partial charge in [-0.1, -0.05) is 0 Å². The number of nitrogens with zero attached hydrogens (tertiary/aromatic N) is 1. The van der Waals surface area contributed by atoms with E-state index in [1.165, 1.54) is 0 Å². The van der Waals surface area contributed by atoms with Crippen LogP contribution >= 0.6 is 11.3 Å². The highest BCUT2D eigenvalue weighted by Gasteiger charge is 2.19. The molecule has 1 aliphatic heterocycles. The van der Waals surface area contributed by atoms with Gasteiger partial charge >= 0.3 is 0 Å². The van der Waals surface area contributed by atoms with Crippen LogP contribution in [0.3, 0.4) is 0 Å². The predicted molar refractivity (Wildman–Crippen MR) is 55.5 cm³/mol. The molecule has 2 atom stereocenters. The van der Waals surface area contributed by atoms with Crippen molar-refractivity contribution in [1.82, 2.24) is 4.98 Å². The van der Waals surface area contributed by atoms with Crippen molar-refractivity contribution in [3.05, 3.63) is 16.1 Å². The van der Waals surface area contributed by atoms with E-state index in [0.29, 0.717) is 5.92 Å². The second-order valence-electron chi connectivity index (χ2n) is 3.69. The third-order valence-corrected chi connectivity index (χ3v) is 3.79. The van der Waals surface area contributed by atoms with E-state index in [0.717, 1.165) is 35.9 Å². The van der Waals surface area contributed by atoms with Crippen molar-refractivity contribution in [2.24, 2.45) is 0 Å². The van der Waals surface area contributed by atoms with Gasteiger partial charge in [0.25, 0.3) is 0 Å². The van der Waals surface area contributed by atoms with Gasteiger partial charge in [0.05, 0.1) is 22.6 Å². The van der Waals surface area contributed by atoms with Gasteiger partial charge in [0, 0.05) is 18.7 Å². The third-order valence-electron chi connectivity index (χ3n) is 2.46. The van der Waals surface area contributed by atoms with Crippen molar-refractivity contribution in [1.29, 1.82) is 0 Å². The molecule has 0 radical (unpaired) electrons. The molecule has 0 bridgehead atoms. The predicted octanol–water partition coefficient (Wildman–Crippen LogP) is 2.09. The summed E-state index contributed by atoms with van der Waals surface area (Å²) in [5.41, 5.74) is 0. The molecule has 2 rings (SSSR count). The summed E-state index contributed by atoms with van der Waals surface area (Å²) in [7, 11) is 0. The Morgan fingerprint density at radius 1 is 1.71 bits per heavy atom. The summed E-state index contributed by atoms with van der Waals surface area (Å²) in [5, 5.41) is 10.5. The Kier molecular flexibility index (Phi) is 3.15. The van der Waals surface area contributed by atoms with Gasteiger partial charge in [0.2, 0.25) is 0 Å². The number of hydrogen-bond acceptors (Lipinski definition) is 4. The maximum atomic E-state index is 9.37. The number of hydrogen-bond donors (Lipinski definition) is 1. The zero-order valence-corrected chi connectivity index (χ0v) is 9.09. The minimum atomic E-state index is -0.397. The minimum Gasteiger partial charge on any atom is -0.388 e. The van der Waals surface area contributed by atoms with Crippen LogP contribution in [0.2, 0.25) is 0 Å². The van der Waals surface area contributed by atoms with Crippen LogP contribution < -0.4 is 0 Å². The van der Waals surface area contributed by atoms with Crippen LogP contribution in [0.15, 0.2) is 6.20 Å². The molecule has 2 unspecified atom stereocenters. The van der Waals surface area contributed by atoms with Crippen molar-refractivity contribution >= 4 is 11.3 Å². The van der Waals surface area contributed by atoms with E-state index < -0.39 is 6.10 Å². The van der Waals surface area contributed by atoms with Gasteiger partial charge in [-0.15, -0.1) is 11.3 Å². The van der Waals surface area contributed by atoms with Crippen LogP contribution in [0.25, 0.3) is 0 Å². The number of rotatable bonds is 2. The Hall–Kier alpha value is -0.450. The molecule has 1 fully saturated rings. The second-order valence-corrected chi connectivity index (χ2v) is 4.78. The summed E-state index contributed by atoms with van der Waals surface area (Å²) in [6.07, 6.45) is 3.66. The van der Waals surface area contributed by atoms with E-state index in [2.05, 4.69) is 4.98 Å². The summed E-state index contributed by atoms with van der Waals surface area (Å²) in [6, 6.07) is 0. The Labute approximate surface area is 87.7 Å². The Balaban J connectivity index is 2.07. The van der Waals surface area contributed by atoms with Crippen LogP contribution in [0.1, 0.15) is 41.7 Å². The lowest BCUT2D eigenvalue weighted by atomic mass is 10.0. The molecule has 3 nitrogen and oxygen atoms in total. The number of aliphatic hydroxyl groups excluding tert-OH is 1. The molecule has 1 saturated heterocycles. The van der Waals surface area contributed by atoms with Crippen molar-refractivity contribution < 1.29 is 9.84 Å². The molecule has 4 heteroatoms. The fourth-order valence-corrected chi connectivity index (χ4v) is 2.59. The monoisotopic (exact) mass is 213 g/mol. The minimum absolute atomic E-state index is 0.397. The zero-order chi connectivity index (χ0) is 9.97. The Morgan fingerprint density at radius 3 is 3.14 bits per heavy atom. The van der Waals surface area contributed by atoms with Gasteiger partial charge in [-0.25, -0.2) is 4.98 Å². The SMILES string of the molecule is CC(O)c1cnc(C2CCCOC2)s1. The van der Waals surface area contributed by atoms with E-state index in [9.17, 15) is 5.11 Å². The zero-order valence-electron chi connectivity index (χ0n) is 8.27. The molecular formula is C10H15NO2S. The van der Waals surface area contributed by atoms with Crippen LogP contribution in [0.4, 0.5) is 0 Å². The molecule has 0 amide bonds. The summed E-state index contributed by atoms with van der Waals surface area (Å²) in [4.78, 5) is 5.29. The van der Waals surface area contributed by atoms with E-state index in [4.69, 9.17) is 4.74 Å². The van der Waals surface area contributed by atoms with Crippen LogP contribution in [-0.2, 0) is 4.74 Å². The van der Waals surface area contributed by atoms with Crippen LogP contribution in [-0.4, -0.2) is 23.3 Å². The molecular weight excluding hydrogens is 198 g/mol. The lowest BCUT2D eigenvalue weighted by Gasteiger charge is -2.19. The van der Waals surface area contributed by atoms with Crippen molar-refractivity contribution in [2.45, 2.75) is 31.8 Å². The smallest absolute Gasteiger partial charge is 0.0982 e. The van der Waals surface area contributed by atoms with Crippen molar-refractivity contribution in [2.75, 3.05) is 13.2 Å². The summed E-state index contributed by atoms with van der Waals surface area (Å²) >= 11 is 1.61. The quantitative estimate of drug-likeness (QED) is 0.818. The fraction of sp³-hybridized carbons (Fsp3) is 0.700. The molecule has 1 aromatic rings. The van der Waals surface area contributed by atoms with Crippen LogP contribution in [0.5, 0.6) is 0 Å². The molecule has 0 aromatic carbocycles. The van der Waals surface area contributed by atoms with E-state index in [-0.39, 0.29) is 0 Å². The van der Waals surface area contributed by atoms with Gasteiger partial charge in [0.15, 0.2) is 0 Å². The van der Waals surface area contributed by atoms with Gasteiger partial charge < -0.3 is 9.84 Å². The maximum absolute atomic E-state index is 9.37. The van der Waals surface area contributed by atoms with E-state index in [1.54, 1.807) is 24.5 Å². The average molecular weight is 213 g/mol. The first-order valence-electron chi connectivity index (χ1n) is 4.99. The number of aliphatic hydroxyl groups is 1. The molecule has 78 valence electrons. The number of thiazole rings is 1. The number of aromatic nitrogens is 1. The lowest BCUT2D eigenvalue weighted by Crippen LogP contribution is -2.15. The van der Waals surface area contributed by atoms with E-state index in [1.807, 2.05) is 0 Å². The maximum Gasteiger partial charge on any atom is 0.0982 e. The lowest BCUT2D eigenvalue weighted by molar-refractivity contribution is 0.0803. The molecule has 14 heavy (non-hydrogen) atoms. The first-order chi connectivity index (χ1) is 6.77. The fourth-order valence-electron chi connectivity index (χ4n) is 1.62. The topological polar surface area (TPSA) is 42.4 Å². The average Bonchev–Trinajstić information content (AvgIpc) is 2.68. The highest BCUT2D eigenvalue weighted by molar-refractivity contribution is 7.11. The second kappa shape index (κ2) is 4.38. The molecule has 1 aromatic heterocycles. The molecule has 2 heterocycles. The third kappa shape index (κ3) is 2.13. The normalized spacial score (nSPS) is 24.9. The molecule has 1 aliphatic rings. The molecule has 0 spiro atoms. The van der Waals surface area contributed by atoms with Gasteiger partial charge in [0.1, 0.15) is 0 Å². The summed E-state index contributed by atoms with van der Waals surface area (Å²) in [6.45, 7) is 3.44.